The van der Waals surface area contributed by atoms with Gasteiger partial charge in [-0.2, -0.15) is 5.10 Å². The molecule has 0 spiro atoms. The van der Waals surface area contributed by atoms with Crippen LogP contribution in [0, 0.1) is 6.92 Å². The van der Waals surface area contributed by atoms with E-state index >= 15 is 0 Å². The average molecular weight is 322 g/mol. The van der Waals surface area contributed by atoms with Crippen LogP contribution in [0.3, 0.4) is 0 Å². The van der Waals surface area contributed by atoms with Crippen LogP contribution < -0.4 is 10.9 Å². The lowest BCUT2D eigenvalue weighted by molar-refractivity contribution is -0.122. The van der Waals surface area contributed by atoms with Gasteiger partial charge in [-0.1, -0.05) is 20.8 Å². The van der Waals surface area contributed by atoms with Crippen molar-refractivity contribution in [1.82, 2.24) is 20.1 Å². The lowest BCUT2D eigenvalue weighted by atomic mass is 10.2. The summed E-state index contributed by atoms with van der Waals surface area (Å²) in [5, 5.41) is 8.02. The molecule has 22 heavy (non-hydrogen) atoms. The third kappa shape index (κ3) is 3.35. The molecule has 1 unspecified atom stereocenters. The lowest BCUT2D eigenvalue weighted by Crippen LogP contribution is -2.38. The first-order valence-corrected chi connectivity index (χ1v) is 8.32. The second-order valence-corrected chi connectivity index (χ2v) is 6.84. The Hall–Kier alpha value is -1.76. The third-order valence-corrected chi connectivity index (χ3v) is 4.95. The first-order chi connectivity index (χ1) is 10.3. The summed E-state index contributed by atoms with van der Waals surface area (Å²) in [4.78, 5) is 28.9. The van der Waals surface area contributed by atoms with E-state index in [1.165, 1.54) is 16.0 Å². The van der Waals surface area contributed by atoms with Crippen molar-refractivity contribution in [2.24, 2.45) is 0 Å². The summed E-state index contributed by atoms with van der Waals surface area (Å²) in [7, 11) is 0. The first kappa shape index (κ1) is 16.6. The molecule has 120 valence electrons. The molecule has 2 rings (SSSR count). The Labute approximate surface area is 133 Å². The largest absolute Gasteiger partial charge is 0.352 e. The van der Waals surface area contributed by atoms with Crippen LogP contribution in [0.15, 0.2) is 4.79 Å². The van der Waals surface area contributed by atoms with Gasteiger partial charge in [0.25, 0.3) is 5.56 Å². The predicted octanol–water partition coefficient (Wildman–Crippen LogP) is 2.20. The zero-order valence-corrected chi connectivity index (χ0v) is 14.5. The fourth-order valence-corrected chi connectivity index (χ4v) is 3.03. The van der Waals surface area contributed by atoms with Crippen molar-refractivity contribution in [1.29, 1.82) is 0 Å². The summed E-state index contributed by atoms with van der Waals surface area (Å²) in [6.07, 6.45) is 0.843. The van der Waals surface area contributed by atoms with Gasteiger partial charge in [0.1, 0.15) is 6.54 Å². The Bertz CT molecular complexity index is 748. The maximum absolute atomic E-state index is 12.5. The second-order valence-electron chi connectivity index (χ2n) is 5.81. The summed E-state index contributed by atoms with van der Waals surface area (Å²) in [5.41, 5.74) is 0.843. The van der Waals surface area contributed by atoms with E-state index in [1.54, 1.807) is 0 Å². The standard InChI is InChI=1S/C15H22N4O2S/c1-6-9(4)16-11(20)7-19-15(21)12-13(10(5)18-19)22-14(17-12)8(2)3/h8-9H,6-7H2,1-5H3,(H,16,20). The maximum Gasteiger partial charge on any atom is 0.294 e. The van der Waals surface area contributed by atoms with Crippen LogP contribution in [-0.4, -0.2) is 26.7 Å². The van der Waals surface area contributed by atoms with Crippen molar-refractivity contribution in [3.63, 3.8) is 0 Å². The Balaban J connectivity index is 2.37. The van der Waals surface area contributed by atoms with Gasteiger partial charge in [-0.3, -0.25) is 9.59 Å². The van der Waals surface area contributed by atoms with E-state index < -0.39 is 0 Å². The highest BCUT2D eigenvalue weighted by atomic mass is 32.1. The molecule has 1 N–H and O–H groups in total. The number of amides is 1. The molecule has 0 aliphatic rings. The maximum atomic E-state index is 12.5. The molecule has 0 bridgehead atoms. The van der Waals surface area contributed by atoms with Gasteiger partial charge in [-0.25, -0.2) is 9.67 Å². The molecule has 7 heteroatoms. The van der Waals surface area contributed by atoms with Gasteiger partial charge >= 0.3 is 0 Å². The van der Waals surface area contributed by atoms with Crippen LogP contribution in [0.1, 0.15) is 50.7 Å². The van der Waals surface area contributed by atoms with Gasteiger partial charge < -0.3 is 5.32 Å². The van der Waals surface area contributed by atoms with Crippen LogP contribution in [0.4, 0.5) is 0 Å². The minimum absolute atomic E-state index is 0.0749. The molecule has 1 atom stereocenters. The van der Waals surface area contributed by atoms with Crippen LogP contribution >= 0.6 is 11.3 Å². The highest BCUT2D eigenvalue weighted by molar-refractivity contribution is 7.18. The topological polar surface area (TPSA) is 76.9 Å². The number of carbonyl (C=O) groups excluding carboxylic acids is 1. The minimum atomic E-state index is -0.303. The fraction of sp³-hybridized carbons (Fsp3) is 0.600. The summed E-state index contributed by atoms with van der Waals surface area (Å²) >= 11 is 1.50. The molecule has 0 aromatic carbocycles. The third-order valence-electron chi connectivity index (χ3n) is 3.49. The Morgan fingerprint density at radius 2 is 2.05 bits per heavy atom. The van der Waals surface area contributed by atoms with E-state index in [1.807, 2.05) is 34.6 Å². The van der Waals surface area contributed by atoms with Crippen molar-refractivity contribution in [2.75, 3.05) is 0 Å². The number of fused-ring (bicyclic) bond motifs is 1. The molecular weight excluding hydrogens is 300 g/mol. The predicted molar refractivity (Wildman–Crippen MR) is 88.4 cm³/mol. The molecule has 0 radical (unpaired) electrons. The molecule has 1 amide bonds. The van der Waals surface area contributed by atoms with Crippen molar-refractivity contribution in [2.45, 2.75) is 59.5 Å². The monoisotopic (exact) mass is 322 g/mol. The molecule has 0 saturated heterocycles. The molecule has 2 heterocycles. The van der Waals surface area contributed by atoms with Gasteiger partial charge in [-0.15, -0.1) is 11.3 Å². The number of carbonyl (C=O) groups is 1. The normalized spacial score (nSPS) is 12.8. The van der Waals surface area contributed by atoms with Crippen LogP contribution in [0.5, 0.6) is 0 Å². The molecular formula is C15H22N4O2S. The molecule has 2 aromatic rings. The number of hydrogen-bond acceptors (Lipinski definition) is 5. The first-order valence-electron chi connectivity index (χ1n) is 7.51. The average Bonchev–Trinajstić information content (AvgIpc) is 2.90. The fourth-order valence-electron chi connectivity index (χ4n) is 2.03. The number of aryl methyl sites for hydroxylation is 1. The minimum Gasteiger partial charge on any atom is -0.352 e. The number of thiazole rings is 1. The SMILES string of the molecule is CCC(C)NC(=O)Cn1nc(C)c2sc(C(C)C)nc2c1=O. The molecule has 2 aromatic heterocycles. The number of hydrogen-bond donors (Lipinski definition) is 1. The van der Waals surface area contributed by atoms with Crippen molar-refractivity contribution in [3.05, 3.63) is 21.1 Å². The number of aromatic nitrogens is 3. The van der Waals surface area contributed by atoms with Crippen LogP contribution in [-0.2, 0) is 11.3 Å². The molecule has 0 fully saturated rings. The van der Waals surface area contributed by atoms with Crippen LogP contribution in [0.2, 0.25) is 0 Å². The summed E-state index contributed by atoms with van der Waals surface area (Å²) in [6.45, 7) is 9.77. The smallest absolute Gasteiger partial charge is 0.294 e. The van der Waals surface area contributed by atoms with E-state index in [9.17, 15) is 9.59 Å². The molecule has 0 saturated carbocycles. The number of nitrogens with one attached hydrogen (secondary N) is 1. The quantitative estimate of drug-likeness (QED) is 0.915. The Morgan fingerprint density at radius 1 is 1.36 bits per heavy atom. The zero-order chi connectivity index (χ0) is 16.4. The van der Waals surface area contributed by atoms with E-state index in [0.717, 1.165) is 21.8 Å². The molecule has 6 nitrogen and oxygen atoms in total. The van der Waals surface area contributed by atoms with Crippen molar-refractivity contribution >= 4 is 27.5 Å². The van der Waals surface area contributed by atoms with Gasteiger partial charge in [0.15, 0.2) is 5.52 Å². The van der Waals surface area contributed by atoms with E-state index in [0.29, 0.717) is 5.52 Å². The van der Waals surface area contributed by atoms with Crippen molar-refractivity contribution in [3.8, 4) is 0 Å². The van der Waals surface area contributed by atoms with Crippen LogP contribution in [0.25, 0.3) is 10.2 Å². The van der Waals surface area contributed by atoms with Crippen molar-refractivity contribution < 1.29 is 4.79 Å². The Morgan fingerprint density at radius 3 is 2.64 bits per heavy atom. The van der Waals surface area contributed by atoms with E-state index in [2.05, 4.69) is 15.4 Å². The molecule has 0 aliphatic carbocycles. The van der Waals surface area contributed by atoms with Gasteiger partial charge in [-0.05, 0) is 20.3 Å². The number of rotatable bonds is 5. The van der Waals surface area contributed by atoms with Gasteiger partial charge in [0, 0.05) is 12.0 Å². The second kappa shape index (κ2) is 6.56. The zero-order valence-electron chi connectivity index (χ0n) is 13.6. The number of nitrogens with zero attached hydrogens (tertiary/aromatic N) is 3. The summed E-state index contributed by atoms with van der Waals surface area (Å²) < 4.78 is 2.02. The van der Waals surface area contributed by atoms with Gasteiger partial charge in [0.2, 0.25) is 5.91 Å². The highest BCUT2D eigenvalue weighted by Gasteiger charge is 2.17. The van der Waals surface area contributed by atoms with E-state index in [4.69, 9.17) is 0 Å². The van der Waals surface area contributed by atoms with E-state index in [-0.39, 0.29) is 30.0 Å². The molecule has 0 aliphatic heterocycles. The lowest BCUT2D eigenvalue weighted by Gasteiger charge is -2.12. The summed E-state index contributed by atoms with van der Waals surface area (Å²) in [6, 6.07) is 0.0832. The van der Waals surface area contributed by atoms with Gasteiger partial charge in [0.05, 0.1) is 15.4 Å². The Kier molecular flexibility index (Phi) is 4.95. The summed E-state index contributed by atoms with van der Waals surface area (Å²) in [5.74, 6) is 0.0559. The highest BCUT2D eigenvalue weighted by Crippen LogP contribution is 2.26.